The molecule has 2 atom stereocenters. The average Bonchev–Trinajstić information content (AvgIpc) is 2.72. The highest BCUT2D eigenvalue weighted by molar-refractivity contribution is 5.91. The van der Waals surface area contributed by atoms with E-state index in [9.17, 15) is 19.2 Å². The summed E-state index contributed by atoms with van der Waals surface area (Å²) in [6.45, 7) is 5.07. The van der Waals surface area contributed by atoms with Crippen molar-refractivity contribution in [3.05, 3.63) is 0 Å². The zero-order valence-corrected chi connectivity index (χ0v) is 17.2. The number of piperidine rings is 2. The summed E-state index contributed by atoms with van der Waals surface area (Å²) in [5.41, 5.74) is 0. The minimum Gasteiger partial charge on any atom is -0.481 e. The van der Waals surface area contributed by atoms with Gasteiger partial charge in [0, 0.05) is 26.1 Å². The molecule has 0 aliphatic carbocycles. The number of nitrogens with zero attached hydrogens (tertiary/aromatic N) is 1. The third kappa shape index (κ3) is 7.64. The van der Waals surface area contributed by atoms with Crippen LogP contribution in [0.2, 0.25) is 0 Å². The SMILES string of the molecule is CCNC(=O)[C@H](CC(=O)O)NC(=O)[C@@H]1CCCN(C(=O)CCC2CCNCC2)C1. The molecular formula is C20H34N4O5. The molecule has 2 saturated heterocycles. The molecule has 9 nitrogen and oxygen atoms in total. The van der Waals surface area contributed by atoms with Gasteiger partial charge in [-0.1, -0.05) is 0 Å². The number of hydrogen-bond donors (Lipinski definition) is 4. The Morgan fingerprint density at radius 2 is 1.90 bits per heavy atom. The number of rotatable bonds is 9. The fourth-order valence-corrected chi connectivity index (χ4v) is 4.04. The molecule has 0 aromatic heterocycles. The van der Waals surface area contributed by atoms with Gasteiger partial charge in [-0.3, -0.25) is 19.2 Å². The molecule has 0 spiro atoms. The number of likely N-dealkylation sites (N-methyl/N-ethyl adjacent to an activating group) is 1. The van der Waals surface area contributed by atoms with Gasteiger partial charge in [0.25, 0.3) is 0 Å². The standard InChI is InChI=1S/C20H34N4O5/c1-2-22-20(29)16(12-18(26)27)23-19(28)15-4-3-11-24(13-15)17(25)6-5-14-7-9-21-10-8-14/h14-16,21H,2-13H2,1H3,(H,22,29)(H,23,28)(H,26,27)/t15-,16+/m1/s1. The fourth-order valence-electron chi connectivity index (χ4n) is 4.04. The van der Waals surface area contributed by atoms with E-state index in [0.29, 0.717) is 38.4 Å². The number of carboxylic acid groups (broad SMARTS) is 1. The zero-order valence-electron chi connectivity index (χ0n) is 17.2. The van der Waals surface area contributed by atoms with Crippen molar-refractivity contribution in [3.8, 4) is 0 Å². The third-order valence-electron chi connectivity index (χ3n) is 5.73. The topological polar surface area (TPSA) is 128 Å². The lowest BCUT2D eigenvalue weighted by molar-refractivity contribution is -0.141. The molecule has 2 aliphatic heterocycles. The van der Waals surface area contributed by atoms with Gasteiger partial charge in [-0.2, -0.15) is 0 Å². The molecular weight excluding hydrogens is 376 g/mol. The van der Waals surface area contributed by atoms with Gasteiger partial charge in [-0.25, -0.2) is 0 Å². The number of likely N-dealkylation sites (tertiary alicyclic amines) is 1. The lowest BCUT2D eigenvalue weighted by Crippen LogP contribution is -2.52. The van der Waals surface area contributed by atoms with Crippen LogP contribution < -0.4 is 16.0 Å². The van der Waals surface area contributed by atoms with Gasteiger partial charge in [0.15, 0.2) is 0 Å². The van der Waals surface area contributed by atoms with E-state index in [1.54, 1.807) is 11.8 Å². The summed E-state index contributed by atoms with van der Waals surface area (Å²) in [5.74, 6) is -1.78. The molecule has 164 valence electrons. The molecule has 0 bridgehead atoms. The summed E-state index contributed by atoms with van der Waals surface area (Å²) in [6.07, 6.45) is 4.46. The number of aliphatic carboxylic acids is 1. The highest BCUT2D eigenvalue weighted by Gasteiger charge is 2.31. The van der Waals surface area contributed by atoms with E-state index in [4.69, 9.17) is 5.11 Å². The van der Waals surface area contributed by atoms with Crippen LogP contribution in [0, 0.1) is 11.8 Å². The predicted octanol–water partition coefficient (Wildman–Crippen LogP) is 0.100. The second kappa shape index (κ2) is 11.7. The summed E-state index contributed by atoms with van der Waals surface area (Å²) in [4.78, 5) is 50.1. The number of amides is 3. The maximum atomic E-state index is 12.6. The van der Waals surface area contributed by atoms with E-state index in [0.717, 1.165) is 38.8 Å². The molecule has 2 aliphatic rings. The van der Waals surface area contributed by atoms with Crippen molar-refractivity contribution in [2.75, 3.05) is 32.7 Å². The normalized spacial score (nSPS) is 21.3. The minimum absolute atomic E-state index is 0.0758. The number of nitrogens with one attached hydrogen (secondary N) is 3. The number of hydrogen-bond acceptors (Lipinski definition) is 5. The second-order valence-corrected chi connectivity index (χ2v) is 7.96. The monoisotopic (exact) mass is 410 g/mol. The van der Waals surface area contributed by atoms with Crippen LogP contribution in [0.5, 0.6) is 0 Å². The largest absolute Gasteiger partial charge is 0.481 e. The lowest BCUT2D eigenvalue weighted by Gasteiger charge is -2.33. The van der Waals surface area contributed by atoms with E-state index in [1.165, 1.54) is 0 Å². The summed E-state index contributed by atoms with van der Waals surface area (Å²) in [6, 6.07) is -1.11. The van der Waals surface area contributed by atoms with Crippen molar-refractivity contribution in [1.82, 2.24) is 20.9 Å². The van der Waals surface area contributed by atoms with Gasteiger partial charge in [-0.15, -0.1) is 0 Å². The van der Waals surface area contributed by atoms with Crippen molar-refractivity contribution in [1.29, 1.82) is 0 Å². The van der Waals surface area contributed by atoms with Gasteiger partial charge >= 0.3 is 5.97 Å². The summed E-state index contributed by atoms with van der Waals surface area (Å²) in [5, 5.41) is 17.5. The molecule has 4 N–H and O–H groups in total. The first-order chi connectivity index (χ1) is 13.9. The maximum absolute atomic E-state index is 12.6. The van der Waals surface area contributed by atoms with E-state index in [2.05, 4.69) is 16.0 Å². The molecule has 0 radical (unpaired) electrons. The van der Waals surface area contributed by atoms with Gasteiger partial charge < -0.3 is 26.0 Å². The predicted molar refractivity (Wildman–Crippen MR) is 107 cm³/mol. The molecule has 9 heteroatoms. The van der Waals surface area contributed by atoms with Crippen LogP contribution in [0.15, 0.2) is 0 Å². The Labute approximate surface area is 172 Å². The van der Waals surface area contributed by atoms with Crippen molar-refractivity contribution in [3.63, 3.8) is 0 Å². The van der Waals surface area contributed by atoms with Crippen molar-refractivity contribution >= 4 is 23.7 Å². The zero-order chi connectivity index (χ0) is 21.2. The van der Waals surface area contributed by atoms with Gasteiger partial charge in [-0.05, 0) is 58.0 Å². The molecule has 29 heavy (non-hydrogen) atoms. The molecule has 2 rings (SSSR count). The Hall–Kier alpha value is -2.16. The van der Waals surface area contributed by atoms with E-state index < -0.39 is 30.3 Å². The Balaban J connectivity index is 1.85. The minimum atomic E-state index is -1.15. The van der Waals surface area contributed by atoms with Gasteiger partial charge in [0.05, 0.1) is 12.3 Å². The molecule has 2 heterocycles. The average molecular weight is 411 g/mol. The fraction of sp³-hybridized carbons (Fsp3) is 0.800. The van der Waals surface area contributed by atoms with Crippen molar-refractivity contribution < 1.29 is 24.3 Å². The first-order valence-corrected chi connectivity index (χ1v) is 10.7. The molecule has 2 fully saturated rings. The van der Waals surface area contributed by atoms with Crippen LogP contribution in [0.3, 0.4) is 0 Å². The second-order valence-electron chi connectivity index (χ2n) is 7.96. The number of carbonyl (C=O) groups is 4. The van der Waals surface area contributed by atoms with E-state index in [1.807, 2.05) is 0 Å². The highest BCUT2D eigenvalue weighted by atomic mass is 16.4. The van der Waals surface area contributed by atoms with E-state index >= 15 is 0 Å². The van der Waals surface area contributed by atoms with E-state index in [-0.39, 0.29) is 11.8 Å². The van der Waals surface area contributed by atoms with Crippen LogP contribution in [-0.2, 0) is 19.2 Å². The van der Waals surface area contributed by atoms with Crippen LogP contribution in [-0.4, -0.2) is 72.5 Å². The molecule has 0 aromatic carbocycles. The van der Waals surface area contributed by atoms with Gasteiger partial charge in [0.1, 0.15) is 6.04 Å². The smallest absolute Gasteiger partial charge is 0.305 e. The lowest BCUT2D eigenvalue weighted by atomic mass is 9.92. The maximum Gasteiger partial charge on any atom is 0.305 e. The third-order valence-corrected chi connectivity index (χ3v) is 5.73. The molecule has 3 amide bonds. The summed E-state index contributed by atoms with van der Waals surface area (Å²) in [7, 11) is 0. The summed E-state index contributed by atoms with van der Waals surface area (Å²) >= 11 is 0. The molecule has 0 aromatic rings. The Morgan fingerprint density at radius 3 is 2.55 bits per heavy atom. The molecule has 0 saturated carbocycles. The Morgan fingerprint density at radius 1 is 1.17 bits per heavy atom. The van der Waals surface area contributed by atoms with Crippen molar-refractivity contribution in [2.45, 2.75) is 57.9 Å². The first-order valence-electron chi connectivity index (χ1n) is 10.7. The molecule has 0 unspecified atom stereocenters. The van der Waals surface area contributed by atoms with Crippen LogP contribution in [0.1, 0.15) is 51.9 Å². The van der Waals surface area contributed by atoms with Crippen LogP contribution in [0.4, 0.5) is 0 Å². The van der Waals surface area contributed by atoms with Crippen molar-refractivity contribution in [2.24, 2.45) is 11.8 Å². The number of carboxylic acids is 1. The Bertz CT molecular complexity index is 591. The Kier molecular flexibility index (Phi) is 9.37. The number of carbonyl (C=O) groups excluding carboxylic acids is 3. The van der Waals surface area contributed by atoms with Gasteiger partial charge in [0.2, 0.25) is 17.7 Å². The first kappa shape index (κ1) is 23.1. The van der Waals surface area contributed by atoms with Crippen LogP contribution >= 0.6 is 0 Å². The quantitative estimate of drug-likeness (QED) is 0.427. The highest BCUT2D eigenvalue weighted by Crippen LogP contribution is 2.21. The summed E-state index contributed by atoms with van der Waals surface area (Å²) < 4.78 is 0. The van der Waals surface area contributed by atoms with Crippen LogP contribution in [0.25, 0.3) is 0 Å².